The fourth-order valence-corrected chi connectivity index (χ4v) is 3.89. The largest absolute Gasteiger partial charge is 0.497 e. The molecule has 0 unspecified atom stereocenters. The van der Waals surface area contributed by atoms with Crippen LogP contribution in [0.3, 0.4) is 0 Å². The van der Waals surface area contributed by atoms with Crippen molar-refractivity contribution in [3.63, 3.8) is 0 Å². The molecule has 2 N–H and O–H groups in total. The number of ether oxygens (including phenoxy) is 2. The fraction of sp³-hybridized carbons (Fsp3) is 0.143. The van der Waals surface area contributed by atoms with Gasteiger partial charge in [0.25, 0.3) is 5.91 Å². The van der Waals surface area contributed by atoms with Crippen LogP contribution >= 0.6 is 0 Å². The highest BCUT2D eigenvalue weighted by molar-refractivity contribution is 6.39. The summed E-state index contributed by atoms with van der Waals surface area (Å²) in [5.41, 5.74) is 1.65. The maximum atomic E-state index is 13.4. The first-order valence-electron chi connectivity index (χ1n) is 11.5. The minimum absolute atomic E-state index is 0.0607. The number of allylic oxidation sites excluding steroid dienone is 1. The molecule has 4 rings (SSSR count). The summed E-state index contributed by atoms with van der Waals surface area (Å²) >= 11 is 0. The van der Waals surface area contributed by atoms with Crippen LogP contribution in [-0.4, -0.2) is 37.9 Å². The van der Waals surface area contributed by atoms with E-state index in [9.17, 15) is 19.2 Å². The van der Waals surface area contributed by atoms with Gasteiger partial charge in [0.1, 0.15) is 17.3 Å². The summed E-state index contributed by atoms with van der Waals surface area (Å²) in [4.78, 5) is 51.6. The number of nitrogens with zero attached hydrogens (tertiary/aromatic N) is 1. The standard InChI is InChI=1S/C28H25N3O7/c1-17-24(28(35)37-3)23(27(34)31(17)19-9-11-20(36-2)12-10-19)15-21-13-14-22(38-21)16-29-25(32)26(33)30-18-7-5-4-6-8-18/h4-15H,16H2,1-3H3,(H,29,32)(H,30,33)/b23-15-. The molecule has 2 heterocycles. The SMILES string of the molecule is COC(=O)C1=C(C)N(c2ccc(OC)cc2)C(=O)/C1=C\c1ccc(CNC(=O)C(=O)Nc2ccccc2)o1. The molecule has 0 saturated heterocycles. The molecule has 1 aliphatic heterocycles. The van der Waals surface area contributed by atoms with E-state index < -0.39 is 23.7 Å². The average molecular weight is 516 g/mol. The Morgan fingerprint density at radius 2 is 1.66 bits per heavy atom. The smallest absolute Gasteiger partial charge is 0.340 e. The molecule has 1 aliphatic rings. The van der Waals surface area contributed by atoms with Gasteiger partial charge in [-0.25, -0.2) is 4.79 Å². The topological polar surface area (TPSA) is 127 Å². The van der Waals surface area contributed by atoms with Crippen molar-refractivity contribution in [2.75, 3.05) is 24.4 Å². The van der Waals surface area contributed by atoms with E-state index >= 15 is 0 Å². The Balaban J connectivity index is 1.50. The number of para-hydroxylation sites is 1. The number of hydrogen-bond donors (Lipinski definition) is 2. The highest BCUT2D eigenvalue weighted by Crippen LogP contribution is 2.36. The van der Waals surface area contributed by atoms with E-state index in [4.69, 9.17) is 13.9 Å². The van der Waals surface area contributed by atoms with E-state index in [0.29, 0.717) is 28.6 Å². The minimum Gasteiger partial charge on any atom is -0.497 e. The van der Waals surface area contributed by atoms with Crippen LogP contribution in [0.15, 0.2) is 88.0 Å². The highest BCUT2D eigenvalue weighted by atomic mass is 16.5. The summed E-state index contributed by atoms with van der Waals surface area (Å²) in [6.07, 6.45) is 1.44. The third kappa shape index (κ3) is 5.49. The molecular weight excluding hydrogens is 490 g/mol. The minimum atomic E-state index is -0.835. The first kappa shape index (κ1) is 26.0. The number of hydrogen-bond acceptors (Lipinski definition) is 7. The van der Waals surface area contributed by atoms with E-state index in [1.165, 1.54) is 18.1 Å². The van der Waals surface area contributed by atoms with Gasteiger partial charge in [-0.1, -0.05) is 18.2 Å². The van der Waals surface area contributed by atoms with Crippen molar-refractivity contribution in [3.8, 4) is 5.75 Å². The number of benzene rings is 2. The second kappa shape index (κ2) is 11.3. The van der Waals surface area contributed by atoms with Crippen LogP contribution in [0.1, 0.15) is 18.4 Å². The zero-order valence-corrected chi connectivity index (χ0v) is 20.9. The first-order chi connectivity index (χ1) is 18.3. The van der Waals surface area contributed by atoms with Crippen LogP contribution in [0.2, 0.25) is 0 Å². The van der Waals surface area contributed by atoms with Crippen molar-refractivity contribution in [2.24, 2.45) is 0 Å². The lowest BCUT2D eigenvalue weighted by Crippen LogP contribution is -2.34. The number of anilines is 2. The molecule has 10 heteroatoms. The lowest BCUT2D eigenvalue weighted by atomic mass is 10.1. The van der Waals surface area contributed by atoms with Gasteiger partial charge in [-0.05, 0) is 61.5 Å². The number of esters is 1. The number of rotatable bonds is 7. The van der Waals surface area contributed by atoms with Gasteiger partial charge in [-0.15, -0.1) is 0 Å². The molecule has 3 aromatic rings. The van der Waals surface area contributed by atoms with Gasteiger partial charge in [-0.2, -0.15) is 0 Å². The Bertz CT molecular complexity index is 1440. The number of amides is 3. The quantitative estimate of drug-likeness (QED) is 0.280. The van der Waals surface area contributed by atoms with E-state index in [0.717, 1.165) is 0 Å². The third-order valence-electron chi connectivity index (χ3n) is 5.75. The molecule has 3 amide bonds. The van der Waals surface area contributed by atoms with Gasteiger partial charge in [0.15, 0.2) is 0 Å². The highest BCUT2D eigenvalue weighted by Gasteiger charge is 2.38. The summed E-state index contributed by atoms with van der Waals surface area (Å²) in [5.74, 6) is -1.51. The van der Waals surface area contributed by atoms with E-state index in [2.05, 4.69) is 10.6 Å². The molecule has 0 aliphatic carbocycles. The number of carbonyl (C=O) groups is 4. The third-order valence-corrected chi connectivity index (χ3v) is 5.75. The predicted octanol–water partition coefficient (Wildman–Crippen LogP) is 3.42. The zero-order valence-electron chi connectivity index (χ0n) is 20.9. The van der Waals surface area contributed by atoms with Gasteiger partial charge in [0.05, 0.1) is 31.9 Å². The maximum Gasteiger partial charge on any atom is 0.340 e. The number of furan rings is 1. The zero-order chi connectivity index (χ0) is 27.2. The Labute approximate surface area is 218 Å². The van der Waals surface area contributed by atoms with Crippen molar-refractivity contribution in [1.29, 1.82) is 0 Å². The average Bonchev–Trinajstić information content (AvgIpc) is 3.48. The molecule has 10 nitrogen and oxygen atoms in total. The van der Waals surface area contributed by atoms with Gasteiger partial charge >= 0.3 is 17.8 Å². The van der Waals surface area contributed by atoms with Crippen molar-refractivity contribution in [3.05, 3.63) is 95.1 Å². The number of methoxy groups -OCH3 is 2. The van der Waals surface area contributed by atoms with Gasteiger partial charge in [0, 0.05) is 17.1 Å². The molecule has 38 heavy (non-hydrogen) atoms. The first-order valence-corrected chi connectivity index (χ1v) is 11.5. The summed E-state index contributed by atoms with van der Waals surface area (Å²) in [5, 5.41) is 4.98. The molecule has 0 fully saturated rings. The molecule has 1 aromatic heterocycles. The predicted molar refractivity (Wildman–Crippen MR) is 139 cm³/mol. The van der Waals surface area contributed by atoms with Crippen LogP contribution in [-0.2, 0) is 30.5 Å². The summed E-state index contributed by atoms with van der Waals surface area (Å²) in [6.45, 7) is 1.59. The lowest BCUT2D eigenvalue weighted by Gasteiger charge is -2.18. The Morgan fingerprint density at radius 3 is 2.32 bits per heavy atom. The van der Waals surface area contributed by atoms with Crippen LogP contribution < -0.4 is 20.3 Å². The Hall–Kier alpha value is -5.12. The van der Waals surface area contributed by atoms with Crippen molar-refractivity contribution < 1.29 is 33.1 Å². The summed E-state index contributed by atoms with van der Waals surface area (Å²) in [6, 6.07) is 18.6. The monoisotopic (exact) mass is 515 g/mol. The second-order valence-electron chi connectivity index (χ2n) is 8.16. The summed E-state index contributed by atoms with van der Waals surface area (Å²) < 4.78 is 15.8. The van der Waals surface area contributed by atoms with Crippen LogP contribution in [0.5, 0.6) is 5.75 Å². The number of carbonyl (C=O) groups excluding carboxylic acids is 4. The van der Waals surface area contributed by atoms with E-state index in [-0.39, 0.29) is 23.5 Å². The van der Waals surface area contributed by atoms with Gasteiger partial charge in [-0.3, -0.25) is 19.3 Å². The van der Waals surface area contributed by atoms with Crippen molar-refractivity contribution in [1.82, 2.24) is 5.32 Å². The van der Waals surface area contributed by atoms with Crippen molar-refractivity contribution in [2.45, 2.75) is 13.5 Å². The normalized spacial score (nSPS) is 14.0. The molecule has 0 bridgehead atoms. The molecular formula is C28H25N3O7. The van der Waals surface area contributed by atoms with Crippen molar-refractivity contribution >= 4 is 41.1 Å². The van der Waals surface area contributed by atoms with E-state index in [1.807, 2.05) is 0 Å². The van der Waals surface area contributed by atoms with Crippen LogP contribution in [0.4, 0.5) is 11.4 Å². The summed E-state index contributed by atoms with van der Waals surface area (Å²) in [7, 11) is 2.78. The lowest BCUT2D eigenvalue weighted by molar-refractivity contribution is -0.136. The molecule has 0 spiro atoms. The molecule has 0 radical (unpaired) electrons. The van der Waals surface area contributed by atoms with Crippen LogP contribution in [0.25, 0.3) is 6.08 Å². The van der Waals surface area contributed by atoms with Gasteiger partial charge in [0.2, 0.25) is 0 Å². The van der Waals surface area contributed by atoms with Gasteiger partial charge < -0.3 is 24.5 Å². The van der Waals surface area contributed by atoms with E-state index in [1.54, 1.807) is 80.8 Å². The molecule has 194 valence electrons. The molecule has 0 atom stereocenters. The van der Waals surface area contributed by atoms with Crippen LogP contribution in [0, 0.1) is 0 Å². The number of nitrogens with one attached hydrogen (secondary N) is 2. The Kier molecular flexibility index (Phi) is 7.72. The second-order valence-corrected chi connectivity index (χ2v) is 8.16. The molecule has 0 saturated carbocycles. The maximum absolute atomic E-state index is 13.4. The Morgan fingerprint density at radius 1 is 0.947 bits per heavy atom. The fourth-order valence-electron chi connectivity index (χ4n) is 3.89. The molecule has 2 aromatic carbocycles.